The Morgan fingerprint density at radius 3 is 2.40 bits per heavy atom. The third kappa shape index (κ3) is 3.60. The summed E-state index contributed by atoms with van der Waals surface area (Å²) in [6.45, 7) is 4.06. The van der Waals surface area contributed by atoms with Gasteiger partial charge in [0.1, 0.15) is 6.04 Å². The Hall–Kier alpha value is -2.29. The van der Waals surface area contributed by atoms with E-state index >= 15 is 0 Å². The second kappa shape index (κ2) is 6.24. The van der Waals surface area contributed by atoms with Crippen LogP contribution in [0.3, 0.4) is 0 Å². The van der Waals surface area contributed by atoms with Gasteiger partial charge in [-0.25, -0.2) is 4.79 Å². The maximum atomic E-state index is 11.4. The first kappa shape index (κ1) is 14.1. The lowest BCUT2D eigenvalue weighted by molar-refractivity contribution is -0.137. The summed E-state index contributed by atoms with van der Waals surface area (Å²) in [6.07, 6.45) is 0.461. The van der Waals surface area contributed by atoms with Gasteiger partial charge >= 0.3 is 5.97 Å². The largest absolute Gasteiger partial charge is 0.480 e. The van der Waals surface area contributed by atoms with Gasteiger partial charge in [-0.15, -0.1) is 0 Å². The van der Waals surface area contributed by atoms with Crippen LogP contribution in [0, 0.1) is 13.8 Å². The van der Waals surface area contributed by atoms with Crippen molar-refractivity contribution in [1.29, 1.82) is 0 Å². The first-order valence-corrected chi connectivity index (χ1v) is 6.67. The molecule has 3 nitrogen and oxygen atoms in total. The monoisotopic (exact) mass is 269 g/mol. The summed E-state index contributed by atoms with van der Waals surface area (Å²) in [5, 5.41) is 12.5. The molecule has 0 fully saturated rings. The van der Waals surface area contributed by atoms with Gasteiger partial charge in [-0.1, -0.05) is 36.4 Å². The Bertz CT molecular complexity index is 593. The van der Waals surface area contributed by atoms with Crippen LogP contribution in [0.5, 0.6) is 0 Å². The fourth-order valence-corrected chi connectivity index (χ4v) is 2.08. The number of hydrogen-bond donors (Lipinski definition) is 2. The standard InChI is InChI=1S/C17H19NO2/c1-12-8-9-15(10-13(12)2)18-16(17(19)20)11-14-6-4-3-5-7-14/h3-10,16,18H,11H2,1-2H3,(H,19,20). The Kier molecular flexibility index (Phi) is 4.41. The molecule has 0 heterocycles. The number of anilines is 1. The molecule has 2 aromatic rings. The lowest BCUT2D eigenvalue weighted by atomic mass is 10.0. The van der Waals surface area contributed by atoms with Gasteiger partial charge in [-0.3, -0.25) is 0 Å². The van der Waals surface area contributed by atoms with E-state index < -0.39 is 12.0 Å². The first-order chi connectivity index (χ1) is 9.56. The highest BCUT2D eigenvalue weighted by atomic mass is 16.4. The van der Waals surface area contributed by atoms with Crippen LogP contribution in [0.15, 0.2) is 48.5 Å². The molecule has 0 spiro atoms. The zero-order valence-electron chi connectivity index (χ0n) is 11.8. The van der Waals surface area contributed by atoms with Crippen molar-refractivity contribution in [1.82, 2.24) is 0 Å². The highest BCUT2D eigenvalue weighted by molar-refractivity contribution is 5.77. The van der Waals surface area contributed by atoms with Crippen LogP contribution in [-0.2, 0) is 11.2 Å². The van der Waals surface area contributed by atoms with Gasteiger partial charge in [0, 0.05) is 12.1 Å². The number of aliphatic carboxylic acids is 1. The summed E-state index contributed by atoms with van der Waals surface area (Å²) in [5.74, 6) is -0.841. The minimum Gasteiger partial charge on any atom is -0.480 e. The Morgan fingerprint density at radius 2 is 1.80 bits per heavy atom. The molecule has 3 heteroatoms. The number of aryl methyl sites for hydroxylation is 2. The second-order valence-electron chi connectivity index (χ2n) is 5.02. The molecule has 0 radical (unpaired) electrons. The molecule has 104 valence electrons. The first-order valence-electron chi connectivity index (χ1n) is 6.67. The minimum absolute atomic E-state index is 0.461. The molecule has 0 aromatic heterocycles. The maximum absolute atomic E-state index is 11.4. The summed E-state index contributed by atoms with van der Waals surface area (Å²) < 4.78 is 0. The molecule has 0 bridgehead atoms. The normalized spacial score (nSPS) is 11.9. The molecule has 0 aliphatic heterocycles. The fourth-order valence-electron chi connectivity index (χ4n) is 2.08. The number of carboxylic acid groups (broad SMARTS) is 1. The predicted molar refractivity (Wildman–Crippen MR) is 81.1 cm³/mol. The third-order valence-corrected chi connectivity index (χ3v) is 3.43. The van der Waals surface area contributed by atoms with Crippen LogP contribution in [0.25, 0.3) is 0 Å². The highest BCUT2D eigenvalue weighted by Gasteiger charge is 2.17. The lowest BCUT2D eigenvalue weighted by Crippen LogP contribution is -2.31. The van der Waals surface area contributed by atoms with Crippen LogP contribution >= 0.6 is 0 Å². The number of benzene rings is 2. The second-order valence-corrected chi connectivity index (χ2v) is 5.02. The summed E-state index contributed by atoms with van der Waals surface area (Å²) in [5.41, 5.74) is 4.21. The van der Waals surface area contributed by atoms with Crippen molar-refractivity contribution in [2.45, 2.75) is 26.3 Å². The van der Waals surface area contributed by atoms with Crippen molar-refractivity contribution >= 4 is 11.7 Å². The molecule has 1 atom stereocenters. The van der Waals surface area contributed by atoms with E-state index in [1.54, 1.807) is 0 Å². The lowest BCUT2D eigenvalue weighted by Gasteiger charge is -2.16. The SMILES string of the molecule is Cc1ccc(NC(Cc2ccccc2)C(=O)O)cc1C. The number of carbonyl (C=O) groups is 1. The fraction of sp³-hybridized carbons (Fsp3) is 0.235. The topological polar surface area (TPSA) is 49.3 Å². The van der Waals surface area contributed by atoms with Gasteiger partial charge in [-0.2, -0.15) is 0 Å². The van der Waals surface area contributed by atoms with E-state index in [-0.39, 0.29) is 0 Å². The van der Waals surface area contributed by atoms with Crippen LogP contribution < -0.4 is 5.32 Å². The van der Waals surface area contributed by atoms with E-state index in [0.717, 1.165) is 16.8 Å². The quantitative estimate of drug-likeness (QED) is 0.874. The Labute approximate surface area is 119 Å². The summed E-state index contributed by atoms with van der Waals surface area (Å²) >= 11 is 0. The van der Waals surface area contributed by atoms with Gasteiger partial charge in [0.25, 0.3) is 0 Å². The Balaban J connectivity index is 2.13. The smallest absolute Gasteiger partial charge is 0.326 e. The van der Waals surface area contributed by atoms with E-state index in [4.69, 9.17) is 0 Å². The van der Waals surface area contributed by atoms with Crippen molar-refractivity contribution in [2.75, 3.05) is 5.32 Å². The summed E-state index contributed by atoms with van der Waals surface area (Å²) in [6, 6.07) is 14.9. The van der Waals surface area contributed by atoms with E-state index in [9.17, 15) is 9.90 Å². The van der Waals surface area contributed by atoms with Gasteiger partial charge in [0.05, 0.1) is 0 Å². The van der Waals surface area contributed by atoms with E-state index in [1.165, 1.54) is 5.56 Å². The molecule has 2 aromatic carbocycles. The number of rotatable bonds is 5. The minimum atomic E-state index is -0.841. The van der Waals surface area contributed by atoms with Gasteiger partial charge in [0.2, 0.25) is 0 Å². The van der Waals surface area contributed by atoms with Crippen LogP contribution in [0.2, 0.25) is 0 Å². The molecule has 0 aliphatic carbocycles. The molecule has 2 N–H and O–H groups in total. The van der Waals surface area contributed by atoms with E-state index in [1.807, 2.05) is 62.4 Å². The predicted octanol–water partition coefficient (Wildman–Crippen LogP) is 3.41. The summed E-state index contributed by atoms with van der Waals surface area (Å²) in [4.78, 5) is 11.4. The van der Waals surface area contributed by atoms with Crippen molar-refractivity contribution in [3.63, 3.8) is 0 Å². The maximum Gasteiger partial charge on any atom is 0.326 e. The van der Waals surface area contributed by atoms with Crippen LogP contribution in [0.4, 0.5) is 5.69 Å². The van der Waals surface area contributed by atoms with Crippen molar-refractivity contribution in [3.05, 3.63) is 65.2 Å². The zero-order chi connectivity index (χ0) is 14.5. The van der Waals surface area contributed by atoms with Gasteiger partial charge < -0.3 is 10.4 Å². The molecule has 0 saturated heterocycles. The molecule has 2 rings (SSSR count). The average molecular weight is 269 g/mol. The molecule has 0 saturated carbocycles. The van der Waals surface area contributed by atoms with E-state index in [2.05, 4.69) is 5.32 Å². The third-order valence-electron chi connectivity index (χ3n) is 3.43. The molecule has 20 heavy (non-hydrogen) atoms. The van der Waals surface area contributed by atoms with E-state index in [0.29, 0.717) is 6.42 Å². The molecular weight excluding hydrogens is 250 g/mol. The van der Waals surface area contributed by atoms with Crippen molar-refractivity contribution in [3.8, 4) is 0 Å². The van der Waals surface area contributed by atoms with Gasteiger partial charge in [0.15, 0.2) is 0 Å². The number of hydrogen-bond acceptors (Lipinski definition) is 2. The van der Waals surface area contributed by atoms with Gasteiger partial charge in [-0.05, 0) is 42.7 Å². The highest BCUT2D eigenvalue weighted by Crippen LogP contribution is 2.16. The number of carboxylic acids is 1. The van der Waals surface area contributed by atoms with Crippen LogP contribution in [0.1, 0.15) is 16.7 Å². The average Bonchev–Trinajstić information content (AvgIpc) is 2.43. The molecule has 0 aliphatic rings. The zero-order valence-corrected chi connectivity index (χ0v) is 11.8. The molecular formula is C17H19NO2. The molecule has 1 unspecified atom stereocenters. The Morgan fingerprint density at radius 1 is 1.10 bits per heavy atom. The van der Waals surface area contributed by atoms with Crippen molar-refractivity contribution < 1.29 is 9.90 Å². The molecule has 0 amide bonds. The summed E-state index contributed by atoms with van der Waals surface area (Å²) in [7, 11) is 0. The number of nitrogens with one attached hydrogen (secondary N) is 1. The van der Waals surface area contributed by atoms with Crippen LogP contribution in [-0.4, -0.2) is 17.1 Å². The van der Waals surface area contributed by atoms with Crippen molar-refractivity contribution in [2.24, 2.45) is 0 Å².